The van der Waals surface area contributed by atoms with Crippen molar-refractivity contribution in [2.45, 2.75) is 26.2 Å². The molecule has 142 valence electrons. The van der Waals surface area contributed by atoms with Crippen LogP contribution in [-0.2, 0) is 6.42 Å². The van der Waals surface area contributed by atoms with Gasteiger partial charge in [0.15, 0.2) is 5.76 Å². The van der Waals surface area contributed by atoms with Crippen LogP contribution in [-0.4, -0.2) is 24.7 Å². The number of carbonyl (C=O) groups is 1. The van der Waals surface area contributed by atoms with Gasteiger partial charge in [-0.05, 0) is 38.0 Å². The summed E-state index contributed by atoms with van der Waals surface area (Å²) in [6.07, 6.45) is 2.25. The van der Waals surface area contributed by atoms with Gasteiger partial charge in [0.05, 0.1) is 18.5 Å². The Morgan fingerprint density at radius 3 is 2.81 bits per heavy atom. The molecule has 0 bridgehead atoms. The average Bonchev–Trinajstić information content (AvgIpc) is 2.98. The van der Waals surface area contributed by atoms with E-state index in [4.69, 9.17) is 32.2 Å². The minimum absolute atomic E-state index is 0.123. The van der Waals surface area contributed by atoms with E-state index in [1.807, 2.05) is 6.92 Å². The van der Waals surface area contributed by atoms with Gasteiger partial charge in [0.2, 0.25) is 5.96 Å². The fourth-order valence-corrected chi connectivity index (χ4v) is 3.23. The molecule has 0 atom stereocenters. The highest BCUT2D eigenvalue weighted by molar-refractivity contribution is 6.31. The summed E-state index contributed by atoms with van der Waals surface area (Å²) in [6.45, 7) is 1.81. The molecular weight excluding hydrogens is 370 g/mol. The highest BCUT2D eigenvalue weighted by atomic mass is 35.5. The average molecular weight is 390 g/mol. The van der Waals surface area contributed by atoms with E-state index in [1.54, 1.807) is 18.2 Å². The number of carbonyl (C=O) groups excluding carboxylic acids is 1. The zero-order valence-electron chi connectivity index (χ0n) is 15.0. The summed E-state index contributed by atoms with van der Waals surface area (Å²) in [5.74, 6) is 0.884. The number of hydrogen-bond donors (Lipinski definition) is 3. The second-order valence-corrected chi connectivity index (χ2v) is 6.51. The number of anilines is 1. The van der Waals surface area contributed by atoms with Crippen molar-refractivity contribution in [2.24, 2.45) is 21.7 Å². The van der Waals surface area contributed by atoms with Crippen molar-refractivity contribution in [2.75, 3.05) is 12.4 Å². The maximum atomic E-state index is 12.8. The lowest BCUT2D eigenvalue weighted by Crippen LogP contribution is -2.22. The molecule has 0 fully saturated rings. The Bertz CT molecular complexity index is 945. The summed E-state index contributed by atoms with van der Waals surface area (Å²) in [4.78, 5) is 12.8. The second-order valence-electron chi connectivity index (χ2n) is 6.08. The summed E-state index contributed by atoms with van der Waals surface area (Å²) in [5.41, 5.74) is 13.3. The van der Waals surface area contributed by atoms with E-state index in [0.29, 0.717) is 46.3 Å². The van der Waals surface area contributed by atoms with Crippen LogP contribution < -0.4 is 21.5 Å². The van der Waals surface area contributed by atoms with Gasteiger partial charge >= 0.3 is 0 Å². The molecule has 1 amide bonds. The van der Waals surface area contributed by atoms with Gasteiger partial charge in [-0.2, -0.15) is 5.10 Å². The van der Waals surface area contributed by atoms with E-state index in [0.717, 1.165) is 12.0 Å². The summed E-state index contributed by atoms with van der Waals surface area (Å²) in [5, 5.41) is 11.1. The highest BCUT2D eigenvalue weighted by Crippen LogP contribution is 2.32. The Balaban J connectivity index is 1.95. The molecule has 1 aromatic carbocycles. The molecule has 0 aliphatic heterocycles. The number of nitrogens with zero attached hydrogens (tertiary/aromatic N) is 2. The SMILES string of the molecule is COc1ccc(Cl)cc1NC(=O)c1oc2c(c1C)/C(=N/N=C(N)N)CCC2. The number of benzene rings is 1. The van der Waals surface area contributed by atoms with E-state index >= 15 is 0 Å². The number of rotatable bonds is 4. The Morgan fingerprint density at radius 1 is 1.33 bits per heavy atom. The highest BCUT2D eigenvalue weighted by Gasteiger charge is 2.28. The van der Waals surface area contributed by atoms with Crippen molar-refractivity contribution < 1.29 is 13.9 Å². The van der Waals surface area contributed by atoms with Crippen LogP contribution >= 0.6 is 11.6 Å². The predicted molar refractivity (Wildman–Crippen MR) is 105 cm³/mol. The van der Waals surface area contributed by atoms with Gasteiger partial charge in [0.25, 0.3) is 5.91 Å². The smallest absolute Gasteiger partial charge is 0.291 e. The zero-order valence-corrected chi connectivity index (χ0v) is 15.8. The molecule has 0 saturated carbocycles. The first-order valence-corrected chi connectivity index (χ1v) is 8.71. The summed E-state index contributed by atoms with van der Waals surface area (Å²) in [6, 6.07) is 4.97. The van der Waals surface area contributed by atoms with Gasteiger partial charge in [-0.1, -0.05) is 11.6 Å². The van der Waals surface area contributed by atoms with Gasteiger partial charge in [-0.3, -0.25) is 4.79 Å². The second kappa shape index (κ2) is 7.71. The quantitative estimate of drug-likeness (QED) is 0.420. The molecule has 0 unspecified atom stereocenters. The molecular formula is C18H20ClN5O3. The van der Waals surface area contributed by atoms with Crippen molar-refractivity contribution in [3.63, 3.8) is 0 Å². The van der Waals surface area contributed by atoms with Crippen LogP contribution in [0.2, 0.25) is 5.02 Å². The van der Waals surface area contributed by atoms with Crippen LogP contribution in [0.25, 0.3) is 0 Å². The van der Waals surface area contributed by atoms with Crippen LogP contribution in [0.1, 0.15) is 40.3 Å². The van der Waals surface area contributed by atoms with Crippen molar-refractivity contribution in [1.82, 2.24) is 0 Å². The molecule has 1 aliphatic rings. The van der Waals surface area contributed by atoms with E-state index in [2.05, 4.69) is 15.5 Å². The zero-order chi connectivity index (χ0) is 19.6. The number of ether oxygens (including phenoxy) is 1. The molecule has 1 aliphatic carbocycles. The first kappa shape index (κ1) is 18.8. The van der Waals surface area contributed by atoms with Gasteiger partial charge in [-0.25, -0.2) is 0 Å². The van der Waals surface area contributed by atoms with Gasteiger partial charge < -0.3 is 25.9 Å². The number of halogens is 1. The lowest BCUT2D eigenvalue weighted by atomic mass is 9.93. The standard InChI is InChI=1S/C18H20ClN5O3/c1-9-15-11(23-24-18(20)21)4-3-5-14(15)27-16(9)17(25)22-12-8-10(19)6-7-13(12)26-2/h6-8H,3-5H2,1-2H3,(H,22,25)(H4,20,21,24)/b23-11+. The van der Waals surface area contributed by atoms with Crippen LogP contribution in [0.5, 0.6) is 5.75 Å². The largest absolute Gasteiger partial charge is 0.495 e. The molecule has 1 heterocycles. The number of furan rings is 1. The Hall–Kier alpha value is -3.00. The lowest BCUT2D eigenvalue weighted by molar-refractivity contribution is 0.0993. The summed E-state index contributed by atoms with van der Waals surface area (Å²) in [7, 11) is 1.52. The van der Waals surface area contributed by atoms with Crippen LogP contribution in [0, 0.1) is 6.92 Å². The molecule has 0 radical (unpaired) electrons. The van der Waals surface area contributed by atoms with Gasteiger partial charge in [-0.15, -0.1) is 5.10 Å². The molecule has 0 spiro atoms. The van der Waals surface area contributed by atoms with Crippen molar-refractivity contribution in [3.8, 4) is 5.75 Å². The lowest BCUT2D eigenvalue weighted by Gasteiger charge is -2.11. The number of nitrogens with one attached hydrogen (secondary N) is 1. The third-order valence-electron chi connectivity index (χ3n) is 4.23. The molecule has 27 heavy (non-hydrogen) atoms. The third-order valence-corrected chi connectivity index (χ3v) is 4.46. The van der Waals surface area contributed by atoms with Gasteiger partial charge in [0, 0.05) is 22.6 Å². The van der Waals surface area contributed by atoms with E-state index in [-0.39, 0.29) is 11.7 Å². The first-order chi connectivity index (χ1) is 12.9. The van der Waals surface area contributed by atoms with Crippen LogP contribution in [0.3, 0.4) is 0 Å². The predicted octanol–water partition coefficient (Wildman–Crippen LogP) is 2.82. The summed E-state index contributed by atoms with van der Waals surface area (Å²) >= 11 is 6.02. The third kappa shape index (κ3) is 3.90. The minimum atomic E-state index is -0.399. The molecule has 3 rings (SSSR count). The molecule has 8 nitrogen and oxygen atoms in total. The van der Waals surface area contributed by atoms with Crippen molar-refractivity contribution in [3.05, 3.63) is 45.9 Å². The molecule has 5 N–H and O–H groups in total. The van der Waals surface area contributed by atoms with Crippen molar-refractivity contribution in [1.29, 1.82) is 0 Å². The van der Waals surface area contributed by atoms with E-state index < -0.39 is 5.91 Å². The maximum Gasteiger partial charge on any atom is 0.291 e. The fraction of sp³-hybridized carbons (Fsp3) is 0.278. The molecule has 1 aromatic heterocycles. The topological polar surface area (TPSA) is 128 Å². The Kier molecular flexibility index (Phi) is 5.36. The normalized spacial score (nSPS) is 14.6. The first-order valence-electron chi connectivity index (χ1n) is 8.33. The molecule has 0 saturated heterocycles. The van der Waals surface area contributed by atoms with Crippen LogP contribution in [0.15, 0.2) is 32.8 Å². The summed E-state index contributed by atoms with van der Waals surface area (Å²) < 4.78 is 11.1. The van der Waals surface area contributed by atoms with Crippen LogP contribution in [0.4, 0.5) is 5.69 Å². The molecule has 2 aromatic rings. The minimum Gasteiger partial charge on any atom is -0.495 e. The number of amides is 1. The van der Waals surface area contributed by atoms with E-state index in [1.165, 1.54) is 7.11 Å². The fourth-order valence-electron chi connectivity index (χ4n) is 3.06. The number of nitrogens with two attached hydrogens (primary N) is 2. The number of guanidine groups is 1. The number of hydrogen-bond acceptors (Lipinski definition) is 5. The number of aryl methyl sites for hydroxylation is 1. The molecule has 9 heteroatoms. The van der Waals surface area contributed by atoms with E-state index in [9.17, 15) is 4.79 Å². The Morgan fingerprint density at radius 2 is 2.11 bits per heavy atom. The maximum absolute atomic E-state index is 12.8. The monoisotopic (exact) mass is 389 g/mol. The van der Waals surface area contributed by atoms with Gasteiger partial charge in [0.1, 0.15) is 11.5 Å². The number of methoxy groups -OCH3 is 1. The Labute approximate surface area is 161 Å². The van der Waals surface area contributed by atoms with Crippen molar-refractivity contribution >= 4 is 34.9 Å². The number of fused-ring (bicyclic) bond motifs is 1.